The Balaban J connectivity index is 2.12. The van der Waals surface area contributed by atoms with E-state index in [0.29, 0.717) is 23.1 Å². The molecule has 1 N–H and O–H groups in total. The van der Waals surface area contributed by atoms with Gasteiger partial charge in [0, 0.05) is 41.2 Å². The number of ether oxygens (including phenoxy) is 1. The van der Waals surface area contributed by atoms with Crippen LogP contribution >= 0.6 is 0 Å². The predicted molar refractivity (Wildman–Crippen MR) is 138 cm³/mol. The van der Waals surface area contributed by atoms with E-state index in [0.717, 1.165) is 6.20 Å². The minimum Gasteiger partial charge on any atom is -0.372 e. The number of hydrogen-bond acceptors (Lipinski definition) is 7. The zero-order valence-corrected chi connectivity index (χ0v) is 19.7. The number of sulfonamides is 1. The minimum absolute atomic E-state index is 0.150. The lowest BCUT2D eigenvalue weighted by Gasteiger charge is -2.28. The summed E-state index contributed by atoms with van der Waals surface area (Å²) in [4.78, 5) is 21.1. The summed E-state index contributed by atoms with van der Waals surface area (Å²) in [5, 5.41) is 0. The number of nitrogens with zero attached hydrogens (tertiary/aromatic N) is 3. The first kappa shape index (κ1) is 15.0. The summed E-state index contributed by atoms with van der Waals surface area (Å²) in [6.07, 6.45) is 0.435. The van der Waals surface area contributed by atoms with Crippen LogP contribution in [0.15, 0.2) is 66.9 Å². The van der Waals surface area contributed by atoms with Gasteiger partial charge in [0.1, 0.15) is 12.4 Å². The van der Waals surface area contributed by atoms with Gasteiger partial charge < -0.3 is 9.64 Å². The fourth-order valence-corrected chi connectivity index (χ4v) is 3.39. The molecule has 0 unspecified atom stereocenters. The van der Waals surface area contributed by atoms with Gasteiger partial charge in [-0.1, -0.05) is 60.7 Å². The average Bonchev–Trinajstić information content (AvgIpc) is 2.94. The van der Waals surface area contributed by atoms with E-state index in [9.17, 15) is 13.2 Å². The first-order valence-electron chi connectivity index (χ1n) is 16.0. The van der Waals surface area contributed by atoms with Crippen LogP contribution in [0.2, 0.25) is 0 Å². The lowest BCUT2D eigenvalue weighted by Crippen LogP contribution is -2.33. The Morgan fingerprint density at radius 1 is 1.09 bits per heavy atom. The fraction of sp³-hybridized carbons (Fsp3) is 0.346. The zero-order valence-electron chi connectivity index (χ0n) is 29.9. The molecule has 0 spiro atoms. The van der Waals surface area contributed by atoms with E-state index >= 15 is 0 Å². The van der Waals surface area contributed by atoms with Crippen LogP contribution in [-0.4, -0.2) is 56.2 Å². The van der Waals surface area contributed by atoms with Crippen molar-refractivity contribution in [1.29, 1.82) is 0 Å². The molecule has 0 radical (unpaired) electrons. The van der Waals surface area contributed by atoms with Crippen molar-refractivity contribution in [3.8, 4) is 22.5 Å². The minimum atomic E-state index is -4.12. The van der Waals surface area contributed by atoms with Crippen molar-refractivity contribution < 1.29 is 33.0 Å². The molecule has 1 heterocycles. The number of rotatable bonds is 12. The molecule has 0 saturated carbocycles. The van der Waals surface area contributed by atoms with E-state index in [1.807, 2.05) is 0 Å². The molecule has 3 aromatic rings. The smallest absolute Gasteiger partial charge is 0.259 e. The van der Waals surface area contributed by atoms with Gasteiger partial charge in [-0.2, -0.15) is 0 Å². The molecular weight excluding hydrogens is 464 g/mol. The summed E-state index contributed by atoms with van der Waals surface area (Å²) in [7, 11) is -4.12. The molecule has 0 aliphatic carbocycles. The summed E-state index contributed by atoms with van der Waals surface area (Å²) in [5.41, 5.74) is 1.55. The van der Waals surface area contributed by atoms with Gasteiger partial charge in [-0.15, -0.1) is 0 Å². The maximum Gasteiger partial charge on any atom is 0.259 e. The van der Waals surface area contributed by atoms with Crippen molar-refractivity contribution in [3.63, 3.8) is 0 Å². The SMILES string of the molecule is [2H]C([2H])(OCCCC([2H])([2H])N(c1cnc(-c2ccccc2)c(-c2ccccc2)n1)C([2H])(C([2H])([2H])[2H])C([2H])([2H])[2H])C(=O)NS(C)(=O)=O. The molecule has 2 aromatic carbocycles. The quantitative estimate of drug-likeness (QED) is 0.371. The molecule has 0 saturated heterocycles. The second-order valence-corrected chi connectivity index (χ2v) is 9.01. The Labute approximate surface area is 222 Å². The molecule has 0 aliphatic heterocycles. The molecule has 0 atom stereocenters. The van der Waals surface area contributed by atoms with E-state index in [4.69, 9.17) is 19.8 Å². The molecule has 35 heavy (non-hydrogen) atoms. The molecule has 3 rings (SSSR count). The van der Waals surface area contributed by atoms with Gasteiger partial charge in [0.15, 0.2) is 0 Å². The van der Waals surface area contributed by atoms with Crippen molar-refractivity contribution >= 4 is 21.7 Å². The molecule has 8 nitrogen and oxygen atoms in total. The lowest BCUT2D eigenvalue weighted by atomic mass is 10.0. The normalized spacial score (nSPS) is 17.9. The highest BCUT2D eigenvalue weighted by atomic mass is 32.2. The molecule has 9 heteroatoms. The average molecular weight is 508 g/mol. The van der Waals surface area contributed by atoms with Crippen LogP contribution in [0.3, 0.4) is 0 Å². The van der Waals surface area contributed by atoms with Crippen LogP contribution < -0.4 is 9.62 Å². The van der Waals surface area contributed by atoms with E-state index in [2.05, 4.69) is 9.97 Å². The van der Waals surface area contributed by atoms with Crippen molar-refractivity contribution in [1.82, 2.24) is 14.7 Å². The lowest BCUT2D eigenvalue weighted by molar-refractivity contribution is -0.123. The van der Waals surface area contributed by atoms with Crippen LogP contribution in [0.5, 0.6) is 0 Å². The highest BCUT2D eigenvalue weighted by molar-refractivity contribution is 7.89. The molecule has 0 fully saturated rings. The highest BCUT2D eigenvalue weighted by Gasteiger charge is 2.17. The Kier molecular flexibility index (Phi) is 5.30. The van der Waals surface area contributed by atoms with Crippen molar-refractivity contribution in [2.45, 2.75) is 32.6 Å². The van der Waals surface area contributed by atoms with Gasteiger partial charge in [0.05, 0.1) is 28.0 Å². The standard InChI is InChI=1S/C26H32N4O4S/c1-20(2)30(16-10-11-17-34-19-24(31)29-35(3,32)33)23-18-27-25(21-12-6-4-7-13-21)26(28-23)22-14-8-5-9-15-22/h4-9,12-15,18,20H,10-11,16-17,19H2,1-3H3,(H,29,31)/i1D3,2D3,16D2,19D2,20D. The van der Waals surface area contributed by atoms with E-state index < -0.39 is 74.0 Å². The van der Waals surface area contributed by atoms with Gasteiger partial charge >= 0.3 is 0 Å². The first-order valence-corrected chi connectivity index (χ1v) is 12.3. The maximum atomic E-state index is 12.0. The molecule has 1 aromatic heterocycles. The predicted octanol–water partition coefficient (Wildman–Crippen LogP) is 3.90. The first-order chi connectivity index (χ1) is 21.0. The number of hydrogen-bond donors (Lipinski definition) is 1. The summed E-state index contributed by atoms with van der Waals surface area (Å²) in [6, 6.07) is 13.6. The zero-order chi connectivity index (χ0) is 34.8. The Bertz CT molecular complexity index is 1610. The topological polar surface area (TPSA) is 101 Å². The van der Waals surface area contributed by atoms with E-state index in [1.165, 1.54) is 4.72 Å². The highest BCUT2D eigenvalue weighted by Crippen LogP contribution is 2.30. The number of carbonyl (C=O) groups excluding carboxylic acids is 1. The van der Waals surface area contributed by atoms with Crippen LogP contribution in [0.25, 0.3) is 22.5 Å². The van der Waals surface area contributed by atoms with Gasteiger partial charge in [-0.3, -0.25) is 14.5 Å². The number of aromatic nitrogens is 2. The van der Waals surface area contributed by atoms with E-state index in [-0.39, 0.29) is 10.6 Å². The molecule has 0 aliphatic rings. The van der Waals surface area contributed by atoms with E-state index in [1.54, 1.807) is 60.7 Å². The third kappa shape index (κ3) is 8.15. The van der Waals surface area contributed by atoms with Crippen LogP contribution in [0.1, 0.15) is 41.6 Å². The number of nitrogens with one attached hydrogen (secondary N) is 1. The summed E-state index contributed by atoms with van der Waals surface area (Å²) in [5.74, 6) is -2.20. The summed E-state index contributed by atoms with van der Waals surface area (Å²) >= 11 is 0. The summed E-state index contributed by atoms with van der Waals surface area (Å²) in [6.45, 7) is -14.0. The largest absolute Gasteiger partial charge is 0.372 e. The number of benzene rings is 2. The molecule has 0 bridgehead atoms. The van der Waals surface area contributed by atoms with Gasteiger partial charge in [-0.05, 0) is 26.5 Å². The number of carbonyl (C=O) groups is 1. The Morgan fingerprint density at radius 3 is 2.31 bits per heavy atom. The van der Waals surface area contributed by atoms with Crippen molar-refractivity contribution in [3.05, 3.63) is 66.9 Å². The Hall–Kier alpha value is -3.30. The monoisotopic (exact) mass is 507 g/mol. The number of anilines is 1. The van der Waals surface area contributed by atoms with Gasteiger partial charge in [-0.25, -0.2) is 13.4 Å². The van der Waals surface area contributed by atoms with Crippen molar-refractivity contribution in [2.75, 3.05) is 30.8 Å². The second kappa shape index (κ2) is 12.4. The fourth-order valence-electron chi connectivity index (χ4n) is 3.01. The third-order valence-electron chi connectivity index (χ3n) is 4.44. The number of amides is 1. The Morgan fingerprint density at radius 2 is 1.71 bits per heavy atom. The second-order valence-electron chi connectivity index (χ2n) is 7.26. The van der Waals surface area contributed by atoms with Crippen molar-refractivity contribution in [2.24, 2.45) is 0 Å². The van der Waals surface area contributed by atoms with Crippen LogP contribution in [-0.2, 0) is 19.6 Å². The van der Waals surface area contributed by atoms with Crippen LogP contribution in [0.4, 0.5) is 5.82 Å². The van der Waals surface area contributed by atoms with Gasteiger partial charge in [0.2, 0.25) is 10.0 Å². The maximum absolute atomic E-state index is 12.0. The van der Waals surface area contributed by atoms with Crippen LogP contribution in [0, 0.1) is 0 Å². The molecule has 186 valence electrons. The third-order valence-corrected chi connectivity index (χ3v) is 5.00. The molecular formula is C26H32N4O4S. The summed E-state index contributed by atoms with van der Waals surface area (Å²) < 4.78 is 119. The van der Waals surface area contributed by atoms with Gasteiger partial charge in [0.25, 0.3) is 5.91 Å². The molecule has 1 amide bonds.